The molecule has 122 valence electrons. The van der Waals surface area contributed by atoms with Crippen molar-refractivity contribution in [1.29, 1.82) is 0 Å². The number of aromatic nitrogens is 2. The summed E-state index contributed by atoms with van der Waals surface area (Å²) in [5, 5.41) is 13.4. The number of aromatic carboxylic acids is 1. The summed E-state index contributed by atoms with van der Waals surface area (Å²) in [6.07, 6.45) is 8.04. The lowest BCUT2D eigenvalue weighted by molar-refractivity contribution is -0.0502. The lowest BCUT2D eigenvalue weighted by Crippen LogP contribution is -2.07. The number of benzene rings is 1. The molecule has 1 aliphatic carbocycles. The minimum absolute atomic E-state index is 0.294. The van der Waals surface area contributed by atoms with E-state index in [1.165, 1.54) is 25.0 Å². The van der Waals surface area contributed by atoms with Crippen LogP contribution in [0.3, 0.4) is 0 Å². The second-order valence-corrected chi connectivity index (χ2v) is 5.54. The first-order chi connectivity index (χ1) is 11.0. The molecule has 1 heterocycles. The Hall–Kier alpha value is -2.44. The summed E-state index contributed by atoms with van der Waals surface area (Å²) in [6, 6.07) is 4.52. The molecule has 0 atom stereocenters. The molecule has 1 aromatic carbocycles. The fraction of sp³-hybridized carbons (Fsp3) is 0.375. The Kier molecular flexibility index (Phi) is 4.27. The van der Waals surface area contributed by atoms with E-state index in [4.69, 9.17) is 5.11 Å². The monoisotopic (exact) mass is 322 g/mol. The molecule has 1 fully saturated rings. The molecule has 23 heavy (non-hydrogen) atoms. The molecule has 3 rings (SSSR count). The number of ether oxygens (including phenoxy) is 1. The van der Waals surface area contributed by atoms with Gasteiger partial charge in [0.15, 0.2) is 0 Å². The highest BCUT2D eigenvalue weighted by Crippen LogP contribution is 2.32. The Morgan fingerprint density at radius 3 is 2.70 bits per heavy atom. The third kappa shape index (κ3) is 3.33. The van der Waals surface area contributed by atoms with Crippen LogP contribution >= 0.6 is 0 Å². The molecule has 1 aliphatic rings. The van der Waals surface area contributed by atoms with Crippen LogP contribution in [0.4, 0.5) is 8.78 Å². The maximum Gasteiger partial charge on any atom is 0.387 e. The van der Waals surface area contributed by atoms with Crippen LogP contribution < -0.4 is 4.74 Å². The van der Waals surface area contributed by atoms with Gasteiger partial charge in [0, 0.05) is 11.8 Å². The normalized spacial score (nSPS) is 15.3. The molecule has 0 aliphatic heterocycles. The highest BCUT2D eigenvalue weighted by atomic mass is 19.3. The molecule has 0 unspecified atom stereocenters. The number of hydrogen-bond donors (Lipinski definition) is 1. The van der Waals surface area contributed by atoms with Crippen LogP contribution in [0.5, 0.6) is 5.75 Å². The van der Waals surface area contributed by atoms with Gasteiger partial charge in [-0.05, 0) is 30.5 Å². The largest absolute Gasteiger partial charge is 0.478 e. The zero-order valence-electron chi connectivity index (χ0n) is 12.3. The average Bonchev–Trinajstić information content (AvgIpc) is 3.17. The highest BCUT2D eigenvalue weighted by Gasteiger charge is 2.19. The number of halogens is 2. The SMILES string of the molecule is O=C(O)c1ccc(-c2cnn(C3CCCC3)c2)cc1OC(F)F. The minimum Gasteiger partial charge on any atom is -0.478 e. The van der Waals surface area contributed by atoms with E-state index in [0.717, 1.165) is 18.4 Å². The van der Waals surface area contributed by atoms with Gasteiger partial charge in [0.05, 0.1) is 12.2 Å². The Bertz CT molecular complexity index is 709. The van der Waals surface area contributed by atoms with Crippen molar-refractivity contribution in [2.75, 3.05) is 0 Å². The molecule has 1 aromatic heterocycles. The second-order valence-electron chi connectivity index (χ2n) is 5.54. The second kappa shape index (κ2) is 6.36. The first-order valence-corrected chi connectivity index (χ1v) is 7.41. The van der Waals surface area contributed by atoms with Crippen molar-refractivity contribution in [3.05, 3.63) is 36.2 Å². The van der Waals surface area contributed by atoms with Crippen LogP contribution in [-0.2, 0) is 0 Å². The topological polar surface area (TPSA) is 64.3 Å². The molecule has 7 heteroatoms. The smallest absolute Gasteiger partial charge is 0.387 e. The number of carboxylic acid groups (broad SMARTS) is 1. The molecule has 0 amide bonds. The van der Waals surface area contributed by atoms with Crippen LogP contribution in [0.2, 0.25) is 0 Å². The van der Waals surface area contributed by atoms with Crippen molar-refractivity contribution in [2.45, 2.75) is 38.3 Å². The van der Waals surface area contributed by atoms with Crippen molar-refractivity contribution >= 4 is 5.97 Å². The summed E-state index contributed by atoms with van der Waals surface area (Å²) in [4.78, 5) is 11.1. The Labute approximate surface area is 131 Å². The molecular formula is C16H16F2N2O3. The van der Waals surface area contributed by atoms with Crippen molar-refractivity contribution in [3.8, 4) is 16.9 Å². The molecule has 1 saturated carbocycles. The fourth-order valence-electron chi connectivity index (χ4n) is 2.93. The Balaban J connectivity index is 1.91. The maximum absolute atomic E-state index is 12.5. The Morgan fingerprint density at radius 1 is 1.30 bits per heavy atom. The predicted octanol–water partition coefficient (Wildman–Crippen LogP) is 3.96. The van der Waals surface area contributed by atoms with Gasteiger partial charge in [0.2, 0.25) is 0 Å². The van der Waals surface area contributed by atoms with Crippen LogP contribution in [0.1, 0.15) is 42.1 Å². The van der Waals surface area contributed by atoms with Gasteiger partial charge in [0.1, 0.15) is 11.3 Å². The van der Waals surface area contributed by atoms with Crippen LogP contribution in [-0.4, -0.2) is 27.5 Å². The van der Waals surface area contributed by atoms with Gasteiger partial charge < -0.3 is 9.84 Å². The highest BCUT2D eigenvalue weighted by molar-refractivity contribution is 5.92. The molecule has 0 saturated heterocycles. The number of nitrogens with zero attached hydrogens (tertiary/aromatic N) is 2. The standard InChI is InChI=1S/C16H16F2N2O3/c17-16(18)23-14-7-10(5-6-13(14)15(21)22)11-8-19-20(9-11)12-3-1-2-4-12/h5-9,12,16H,1-4H2,(H,21,22). The van der Waals surface area contributed by atoms with Gasteiger partial charge in [-0.2, -0.15) is 13.9 Å². The van der Waals surface area contributed by atoms with Gasteiger partial charge in [-0.15, -0.1) is 0 Å². The van der Waals surface area contributed by atoms with E-state index in [9.17, 15) is 13.6 Å². The molecule has 0 spiro atoms. The maximum atomic E-state index is 12.5. The quantitative estimate of drug-likeness (QED) is 0.905. The molecule has 0 bridgehead atoms. The zero-order chi connectivity index (χ0) is 16.4. The molecule has 2 aromatic rings. The molecule has 5 nitrogen and oxygen atoms in total. The zero-order valence-corrected chi connectivity index (χ0v) is 12.3. The lowest BCUT2D eigenvalue weighted by Gasteiger charge is -2.10. The van der Waals surface area contributed by atoms with Gasteiger partial charge in [-0.25, -0.2) is 4.79 Å². The van der Waals surface area contributed by atoms with Crippen molar-refractivity contribution < 1.29 is 23.4 Å². The van der Waals surface area contributed by atoms with Crippen LogP contribution in [0.25, 0.3) is 11.1 Å². The van der Waals surface area contributed by atoms with Crippen molar-refractivity contribution in [3.63, 3.8) is 0 Å². The van der Waals surface area contributed by atoms with Crippen LogP contribution in [0, 0.1) is 0 Å². The van der Waals surface area contributed by atoms with E-state index in [1.807, 2.05) is 10.9 Å². The van der Waals surface area contributed by atoms with Crippen LogP contribution in [0.15, 0.2) is 30.6 Å². The summed E-state index contributed by atoms with van der Waals surface area (Å²) in [5.74, 6) is -1.66. The van der Waals surface area contributed by atoms with E-state index in [1.54, 1.807) is 12.3 Å². The molecule has 0 radical (unpaired) electrons. The molecule has 1 N–H and O–H groups in total. The summed E-state index contributed by atoms with van der Waals surface area (Å²) >= 11 is 0. The Morgan fingerprint density at radius 2 is 2.04 bits per heavy atom. The summed E-state index contributed by atoms with van der Waals surface area (Å²) in [6.45, 7) is -3.08. The third-order valence-electron chi connectivity index (χ3n) is 4.06. The first-order valence-electron chi connectivity index (χ1n) is 7.41. The van der Waals surface area contributed by atoms with Gasteiger partial charge >= 0.3 is 12.6 Å². The van der Waals surface area contributed by atoms with Crippen molar-refractivity contribution in [2.24, 2.45) is 0 Å². The van der Waals surface area contributed by atoms with E-state index in [-0.39, 0.29) is 11.3 Å². The number of hydrogen-bond acceptors (Lipinski definition) is 3. The predicted molar refractivity (Wildman–Crippen MR) is 78.8 cm³/mol. The summed E-state index contributed by atoms with van der Waals surface area (Å²) in [7, 11) is 0. The van der Waals surface area contributed by atoms with Gasteiger partial charge in [-0.1, -0.05) is 18.9 Å². The number of carbonyl (C=O) groups is 1. The summed E-state index contributed by atoms with van der Waals surface area (Å²) in [5.41, 5.74) is 1.04. The summed E-state index contributed by atoms with van der Waals surface area (Å²) < 4.78 is 31.2. The number of rotatable bonds is 5. The van der Waals surface area contributed by atoms with Gasteiger partial charge in [0.25, 0.3) is 0 Å². The first kappa shape index (κ1) is 15.5. The number of carboxylic acids is 1. The van der Waals surface area contributed by atoms with E-state index in [2.05, 4.69) is 9.84 Å². The van der Waals surface area contributed by atoms with E-state index in [0.29, 0.717) is 11.6 Å². The fourth-order valence-corrected chi connectivity index (χ4v) is 2.93. The lowest BCUT2D eigenvalue weighted by atomic mass is 10.1. The van der Waals surface area contributed by atoms with E-state index < -0.39 is 12.6 Å². The number of alkyl halides is 2. The average molecular weight is 322 g/mol. The third-order valence-corrected chi connectivity index (χ3v) is 4.06. The molecular weight excluding hydrogens is 306 g/mol. The van der Waals surface area contributed by atoms with E-state index >= 15 is 0 Å². The van der Waals surface area contributed by atoms with Crippen molar-refractivity contribution in [1.82, 2.24) is 9.78 Å². The minimum atomic E-state index is -3.08. The van der Waals surface area contributed by atoms with Gasteiger partial charge in [-0.3, -0.25) is 4.68 Å².